The van der Waals surface area contributed by atoms with Crippen LogP contribution >= 0.6 is 0 Å². The smallest absolute Gasteiger partial charge is 0.244 e. The molecule has 0 saturated carbocycles. The number of rotatable bonds is 3. The molecule has 1 aromatic carbocycles. The lowest BCUT2D eigenvalue weighted by atomic mass is 10.2. The van der Waals surface area contributed by atoms with E-state index < -0.39 is 0 Å². The predicted octanol–water partition coefficient (Wildman–Crippen LogP) is 1.43. The Bertz CT molecular complexity index is 305. The quantitative estimate of drug-likeness (QED) is 0.697. The fourth-order valence-electron chi connectivity index (χ4n) is 0.850. The molecule has 0 aliphatic carbocycles. The minimum atomic E-state index is -0.343. The van der Waals surface area contributed by atoms with Gasteiger partial charge in [-0.1, -0.05) is 18.7 Å². The molecule has 1 amide bonds. The van der Waals surface area contributed by atoms with Gasteiger partial charge in [0.15, 0.2) is 0 Å². The zero-order chi connectivity index (χ0) is 9.68. The summed E-state index contributed by atoms with van der Waals surface area (Å²) in [7, 11) is 0. The van der Waals surface area contributed by atoms with Gasteiger partial charge in [0, 0.05) is 12.6 Å². The zero-order valence-electron chi connectivity index (χ0n) is 6.96. The minimum absolute atomic E-state index is 0.291. The van der Waals surface area contributed by atoms with Crippen LogP contribution in [-0.4, -0.2) is 5.91 Å². The Morgan fingerprint density at radius 1 is 1.46 bits per heavy atom. The lowest BCUT2D eigenvalue weighted by Gasteiger charge is -2.01. The van der Waals surface area contributed by atoms with Gasteiger partial charge in [0.05, 0.1) is 0 Å². The third-order valence-corrected chi connectivity index (χ3v) is 1.53. The molecule has 1 radical (unpaired) electrons. The number of nitrogens with one attached hydrogen (secondary N) is 1. The van der Waals surface area contributed by atoms with Crippen LogP contribution < -0.4 is 5.32 Å². The molecular weight excluding hydrogens is 169 g/mol. The largest absolute Gasteiger partial charge is 0.348 e. The molecule has 0 bridgehead atoms. The molecule has 0 atom stereocenters. The Hall–Kier alpha value is -1.64. The lowest BCUT2D eigenvalue weighted by Crippen LogP contribution is -2.19. The van der Waals surface area contributed by atoms with Crippen LogP contribution in [0.25, 0.3) is 0 Å². The average Bonchev–Trinajstić information content (AvgIpc) is 2.16. The first-order valence-corrected chi connectivity index (χ1v) is 3.79. The van der Waals surface area contributed by atoms with E-state index in [1.165, 1.54) is 12.1 Å². The molecule has 0 aliphatic rings. The van der Waals surface area contributed by atoms with Gasteiger partial charge in [-0.2, -0.15) is 0 Å². The summed E-state index contributed by atoms with van der Waals surface area (Å²) in [6.45, 7) is 5.32. The second kappa shape index (κ2) is 4.40. The van der Waals surface area contributed by atoms with E-state index in [2.05, 4.69) is 5.32 Å². The highest BCUT2D eigenvalue weighted by molar-refractivity contribution is 5.86. The molecule has 0 fully saturated rings. The monoisotopic (exact) mass is 178 g/mol. The van der Waals surface area contributed by atoms with E-state index in [4.69, 9.17) is 6.58 Å². The fourth-order valence-corrected chi connectivity index (χ4v) is 0.850. The van der Waals surface area contributed by atoms with Gasteiger partial charge in [-0.3, -0.25) is 4.79 Å². The third kappa shape index (κ3) is 3.07. The Balaban J connectivity index is 2.50. The van der Waals surface area contributed by atoms with Crippen molar-refractivity contribution in [2.75, 3.05) is 0 Å². The van der Waals surface area contributed by atoms with Crippen LogP contribution in [0.15, 0.2) is 30.3 Å². The van der Waals surface area contributed by atoms with Gasteiger partial charge in [-0.25, -0.2) is 4.39 Å². The van der Waals surface area contributed by atoms with Gasteiger partial charge in [0.2, 0.25) is 5.91 Å². The molecule has 0 aromatic heterocycles. The van der Waals surface area contributed by atoms with Crippen LogP contribution in [0.2, 0.25) is 0 Å². The third-order valence-electron chi connectivity index (χ3n) is 1.53. The normalized spacial score (nSPS) is 9.31. The molecule has 1 rings (SSSR count). The Morgan fingerprint density at radius 3 is 2.62 bits per heavy atom. The van der Waals surface area contributed by atoms with Crippen molar-refractivity contribution in [1.82, 2.24) is 5.32 Å². The summed E-state index contributed by atoms with van der Waals surface area (Å²) in [4.78, 5) is 10.7. The number of hydrogen-bond acceptors (Lipinski definition) is 1. The number of amides is 1. The van der Waals surface area contributed by atoms with Gasteiger partial charge in [-0.05, 0) is 17.7 Å². The molecule has 0 aliphatic heterocycles. The predicted molar refractivity (Wildman–Crippen MR) is 47.1 cm³/mol. The van der Waals surface area contributed by atoms with Crippen LogP contribution in [0.1, 0.15) is 5.56 Å². The second-order valence-corrected chi connectivity index (χ2v) is 2.51. The van der Waals surface area contributed by atoms with Crippen molar-refractivity contribution in [1.29, 1.82) is 0 Å². The van der Waals surface area contributed by atoms with Crippen molar-refractivity contribution < 1.29 is 9.18 Å². The summed E-state index contributed by atoms with van der Waals surface area (Å²) in [6, 6.07) is 5.89. The Morgan fingerprint density at radius 2 is 2.08 bits per heavy atom. The number of benzene rings is 1. The summed E-state index contributed by atoms with van der Waals surface area (Å²) in [5.41, 5.74) is 0.830. The van der Waals surface area contributed by atoms with Crippen molar-refractivity contribution in [3.63, 3.8) is 0 Å². The molecule has 1 aromatic rings. The number of halogens is 1. The molecule has 1 N–H and O–H groups in total. The summed E-state index contributed by atoms with van der Waals surface area (Å²) in [6.07, 6.45) is 0.948. The first-order chi connectivity index (χ1) is 6.22. The molecule has 13 heavy (non-hydrogen) atoms. The summed E-state index contributed by atoms with van der Waals surface area (Å²) in [5, 5.41) is 2.53. The number of carbonyl (C=O) groups excluding carboxylic acids is 1. The van der Waals surface area contributed by atoms with E-state index >= 15 is 0 Å². The molecule has 67 valence electrons. The highest BCUT2D eigenvalue weighted by Gasteiger charge is 1.95. The van der Waals surface area contributed by atoms with Gasteiger partial charge in [-0.15, -0.1) is 0 Å². The van der Waals surface area contributed by atoms with Gasteiger partial charge in [0.1, 0.15) is 5.82 Å². The average molecular weight is 178 g/mol. The van der Waals surface area contributed by atoms with Gasteiger partial charge in [0.25, 0.3) is 0 Å². The highest BCUT2D eigenvalue weighted by Crippen LogP contribution is 2.01. The first-order valence-electron chi connectivity index (χ1n) is 3.79. The molecule has 0 spiro atoms. The second-order valence-electron chi connectivity index (χ2n) is 2.51. The molecule has 3 heteroatoms. The van der Waals surface area contributed by atoms with E-state index in [1.54, 1.807) is 12.1 Å². The Kier molecular flexibility index (Phi) is 3.20. The highest BCUT2D eigenvalue weighted by atomic mass is 19.1. The molecule has 0 unspecified atom stereocenters. The molecule has 2 nitrogen and oxygen atoms in total. The van der Waals surface area contributed by atoms with Crippen molar-refractivity contribution in [2.45, 2.75) is 6.54 Å². The van der Waals surface area contributed by atoms with Crippen LogP contribution in [0, 0.1) is 12.4 Å². The van der Waals surface area contributed by atoms with Gasteiger partial charge < -0.3 is 5.32 Å². The topological polar surface area (TPSA) is 29.1 Å². The molecular formula is C10H9FNO. The fraction of sp³-hybridized carbons (Fsp3) is 0.100. The van der Waals surface area contributed by atoms with Crippen molar-refractivity contribution in [3.05, 3.63) is 48.3 Å². The molecule has 0 saturated heterocycles. The maximum Gasteiger partial charge on any atom is 0.244 e. The van der Waals surface area contributed by atoms with E-state index in [-0.39, 0.29) is 11.7 Å². The van der Waals surface area contributed by atoms with E-state index in [1.807, 2.05) is 0 Å². The lowest BCUT2D eigenvalue weighted by molar-refractivity contribution is -0.116. The van der Waals surface area contributed by atoms with Gasteiger partial charge >= 0.3 is 0 Å². The number of carbonyl (C=O) groups is 1. The zero-order valence-corrected chi connectivity index (χ0v) is 6.96. The van der Waals surface area contributed by atoms with Crippen molar-refractivity contribution in [3.8, 4) is 0 Å². The maximum absolute atomic E-state index is 12.4. The summed E-state index contributed by atoms with van der Waals surface area (Å²) < 4.78 is 12.4. The van der Waals surface area contributed by atoms with Crippen LogP contribution in [0.4, 0.5) is 4.39 Å². The van der Waals surface area contributed by atoms with Crippen molar-refractivity contribution in [2.24, 2.45) is 0 Å². The maximum atomic E-state index is 12.4. The van der Waals surface area contributed by atoms with E-state index in [9.17, 15) is 9.18 Å². The number of hydrogen-bond donors (Lipinski definition) is 1. The van der Waals surface area contributed by atoms with Crippen LogP contribution in [0.3, 0.4) is 0 Å². The first kappa shape index (κ1) is 9.45. The Labute approximate surface area is 76.1 Å². The summed E-state index contributed by atoms with van der Waals surface area (Å²) in [5.74, 6) is -0.634. The van der Waals surface area contributed by atoms with E-state index in [0.717, 1.165) is 11.6 Å². The van der Waals surface area contributed by atoms with E-state index in [0.29, 0.717) is 6.54 Å². The summed E-state index contributed by atoms with van der Waals surface area (Å²) >= 11 is 0. The SMILES string of the molecule is [CH]=CC(=O)NCc1ccc(F)cc1. The molecule has 0 heterocycles. The standard InChI is InChI=1S/C10H9FNO/c1-2-10(13)12-7-8-3-5-9(11)6-4-8/h1-6H,7H2,(H,12,13). The van der Waals surface area contributed by atoms with Crippen molar-refractivity contribution >= 4 is 5.91 Å². The minimum Gasteiger partial charge on any atom is -0.348 e. The van der Waals surface area contributed by atoms with Crippen LogP contribution in [0.5, 0.6) is 0 Å². The van der Waals surface area contributed by atoms with Crippen LogP contribution in [-0.2, 0) is 11.3 Å².